The number of anilines is 1. The van der Waals surface area contributed by atoms with Gasteiger partial charge in [0.2, 0.25) is 0 Å². The number of benzene rings is 1. The van der Waals surface area contributed by atoms with Crippen molar-refractivity contribution in [1.29, 1.82) is 0 Å². The first-order valence-corrected chi connectivity index (χ1v) is 6.74. The lowest BCUT2D eigenvalue weighted by Crippen LogP contribution is -2.21. The molecule has 1 aromatic rings. The van der Waals surface area contributed by atoms with Gasteiger partial charge in [-0.3, -0.25) is 0 Å². The van der Waals surface area contributed by atoms with Crippen LogP contribution in [0.4, 0.5) is 5.69 Å². The molecule has 1 fully saturated rings. The van der Waals surface area contributed by atoms with Gasteiger partial charge in [0.05, 0.1) is 0 Å². The minimum atomic E-state index is 0.599. The maximum Gasteiger partial charge on any atom is 0.0378 e. The maximum absolute atomic E-state index is 3.46. The first-order valence-electron chi connectivity index (χ1n) is 6.74. The number of nitrogens with one attached hydrogen (secondary N) is 1. The third-order valence-electron chi connectivity index (χ3n) is 3.27. The fraction of sp³-hybridized carbons (Fsp3) is 0.600. The molecule has 90 valence electrons. The smallest absolute Gasteiger partial charge is 0.0378 e. The molecule has 16 heavy (non-hydrogen) atoms. The van der Waals surface area contributed by atoms with Crippen LogP contribution in [0.2, 0.25) is 0 Å². The molecule has 3 rings (SSSR count). The summed E-state index contributed by atoms with van der Waals surface area (Å²) in [4.78, 5) is 0. The van der Waals surface area contributed by atoms with E-state index in [1.165, 1.54) is 24.9 Å². The predicted molar refractivity (Wildman–Crippen MR) is 73.2 cm³/mol. The van der Waals surface area contributed by atoms with Gasteiger partial charge in [0.25, 0.3) is 0 Å². The largest absolute Gasteiger partial charge is 0.385 e. The van der Waals surface area contributed by atoms with E-state index in [1.54, 1.807) is 5.56 Å². The molecule has 2 aliphatic rings. The maximum atomic E-state index is 3.46. The van der Waals surface area contributed by atoms with Crippen molar-refractivity contribution in [3.05, 3.63) is 29.8 Å². The summed E-state index contributed by atoms with van der Waals surface area (Å²) in [5.41, 5.74) is 3.54. The van der Waals surface area contributed by atoms with Gasteiger partial charge in [0, 0.05) is 12.2 Å². The average Bonchev–Trinajstić information content (AvgIpc) is 3.16. The molecular weight excluding hydrogens is 194 g/mol. The molecule has 1 heteroatoms. The molecule has 0 saturated heterocycles. The first-order chi connectivity index (χ1) is 7.91. The van der Waals surface area contributed by atoms with E-state index in [1.807, 2.05) is 27.7 Å². The highest BCUT2D eigenvalue weighted by Crippen LogP contribution is 2.54. The van der Waals surface area contributed by atoms with Crippen LogP contribution in [-0.2, 0) is 5.41 Å². The highest BCUT2D eigenvalue weighted by molar-refractivity contribution is 5.58. The standard InChI is InChI=1S/C11H13N.2C2H6/c1-2-4-10-9(3-1)11(5-6-11)7-8-12-10;2*1-2/h1-4,12H,5-8H2;2*1-2H3. The number of rotatable bonds is 0. The van der Waals surface area contributed by atoms with Gasteiger partial charge in [0.15, 0.2) is 0 Å². The van der Waals surface area contributed by atoms with Crippen molar-refractivity contribution in [2.45, 2.75) is 52.4 Å². The Morgan fingerprint density at radius 1 is 0.938 bits per heavy atom. The van der Waals surface area contributed by atoms with Crippen LogP contribution in [-0.4, -0.2) is 6.54 Å². The Balaban J connectivity index is 0.000000291. The fourth-order valence-corrected chi connectivity index (χ4v) is 2.34. The van der Waals surface area contributed by atoms with E-state index < -0.39 is 0 Å². The number of hydrogen-bond acceptors (Lipinski definition) is 1. The van der Waals surface area contributed by atoms with E-state index in [4.69, 9.17) is 0 Å². The Morgan fingerprint density at radius 2 is 1.56 bits per heavy atom. The summed E-state index contributed by atoms with van der Waals surface area (Å²) in [6, 6.07) is 8.77. The summed E-state index contributed by atoms with van der Waals surface area (Å²) in [5.74, 6) is 0. The minimum absolute atomic E-state index is 0.599. The first kappa shape index (κ1) is 13.1. The van der Waals surface area contributed by atoms with Crippen LogP contribution < -0.4 is 5.32 Å². The van der Waals surface area contributed by atoms with E-state index >= 15 is 0 Å². The van der Waals surface area contributed by atoms with Crippen molar-refractivity contribution < 1.29 is 0 Å². The summed E-state index contributed by atoms with van der Waals surface area (Å²) in [6.07, 6.45) is 4.15. The van der Waals surface area contributed by atoms with Gasteiger partial charge in [-0.15, -0.1) is 0 Å². The van der Waals surface area contributed by atoms with Crippen LogP contribution in [0.3, 0.4) is 0 Å². The molecule has 0 unspecified atom stereocenters. The second kappa shape index (κ2) is 5.93. The summed E-state index contributed by atoms with van der Waals surface area (Å²) in [7, 11) is 0. The Hall–Kier alpha value is -0.980. The van der Waals surface area contributed by atoms with Gasteiger partial charge < -0.3 is 5.32 Å². The van der Waals surface area contributed by atoms with Crippen LogP contribution in [0.15, 0.2) is 24.3 Å². The van der Waals surface area contributed by atoms with Crippen LogP contribution in [0.1, 0.15) is 52.5 Å². The second-order valence-corrected chi connectivity index (χ2v) is 4.00. The highest BCUT2D eigenvalue weighted by atomic mass is 14.9. The molecule has 1 aliphatic heterocycles. The van der Waals surface area contributed by atoms with E-state index in [2.05, 4.69) is 29.6 Å². The van der Waals surface area contributed by atoms with Crippen molar-refractivity contribution in [3.8, 4) is 0 Å². The normalized spacial score (nSPS) is 18.0. The van der Waals surface area contributed by atoms with Crippen molar-refractivity contribution in [2.75, 3.05) is 11.9 Å². The quantitative estimate of drug-likeness (QED) is 0.673. The van der Waals surface area contributed by atoms with Crippen molar-refractivity contribution in [3.63, 3.8) is 0 Å². The Labute approximate surface area is 100 Å². The second-order valence-electron chi connectivity index (χ2n) is 4.00. The van der Waals surface area contributed by atoms with Gasteiger partial charge in [-0.2, -0.15) is 0 Å². The van der Waals surface area contributed by atoms with Crippen molar-refractivity contribution in [2.24, 2.45) is 0 Å². The Kier molecular flexibility index (Phi) is 4.85. The van der Waals surface area contributed by atoms with Gasteiger partial charge in [0.1, 0.15) is 0 Å². The van der Waals surface area contributed by atoms with E-state index in [0.29, 0.717) is 5.41 Å². The zero-order chi connectivity index (χ0) is 12.0. The van der Waals surface area contributed by atoms with Gasteiger partial charge in [-0.1, -0.05) is 45.9 Å². The van der Waals surface area contributed by atoms with E-state index in [0.717, 1.165) is 6.54 Å². The summed E-state index contributed by atoms with van der Waals surface area (Å²) >= 11 is 0. The molecule has 0 amide bonds. The topological polar surface area (TPSA) is 12.0 Å². The molecule has 1 saturated carbocycles. The molecule has 1 aliphatic carbocycles. The van der Waals surface area contributed by atoms with Crippen LogP contribution in [0.5, 0.6) is 0 Å². The molecule has 1 nitrogen and oxygen atoms in total. The average molecular weight is 219 g/mol. The molecular formula is C15H25N. The summed E-state index contributed by atoms with van der Waals surface area (Å²) in [5, 5.41) is 3.46. The van der Waals surface area contributed by atoms with E-state index in [-0.39, 0.29) is 0 Å². The number of fused-ring (bicyclic) bond motifs is 2. The summed E-state index contributed by atoms with van der Waals surface area (Å²) < 4.78 is 0. The lowest BCUT2D eigenvalue weighted by molar-refractivity contribution is 0.622. The monoisotopic (exact) mass is 219 g/mol. The zero-order valence-electron chi connectivity index (χ0n) is 11.1. The third-order valence-corrected chi connectivity index (χ3v) is 3.27. The van der Waals surface area contributed by atoms with Crippen molar-refractivity contribution in [1.82, 2.24) is 0 Å². The molecule has 1 N–H and O–H groups in total. The molecule has 0 aromatic heterocycles. The van der Waals surface area contributed by atoms with E-state index in [9.17, 15) is 0 Å². The molecule has 1 spiro atoms. The predicted octanol–water partition coefficient (Wildman–Crippen LogP) is 4.59. The van der Waals surface area contributed by atoms with Gasteiger partial charge >= 0.3 is 0 Å². The minimum Gasteiger partial charge on any atom is -0.385 e. The van der Waals surface area contributed by atoms with Crippen LogP contribution in [0.25, 0.3) is 0 Å². The molecule has 0 atom stereocenters. The molecule has 0 radical (unpaired) electrons. The Bertz CT molecular complexity index is 313. The van der Waals surface area contributed by atoms with Gasteiger partial charge in [-0.25, -0.2) is 0 Å². The van der Waals surface area contributed by atoms with Crippen LogP contribution in [0, 0.1) is 0 Å². The fourth-order valence-electron chi connectivity index (χ4n) is 2.34. The highest BCUT2D eigenvalue weighted by Gasteiger charge is 2.46. The van der Waals surface area contributed by atoms with Crippen LogP contribution >= 0.6 is 0 Å². The van der Waals surface area contributed by atoms with Gasteiger partial charge in [-0.05, 0) is 36.3 Å². The SMILES string of the molecule is CC.CC.c1ccc2c(c1)NCCC21CC1. The Morgan fingerprint density at radius 3 is 2.19 bits per heavy atom. The lowest BCUT2D eigenvalue weighted by Gasteiger charge is -2.26. The molecule has 0 bridgehead atoms. The summed E-state index contributed by atoms with van der Waals surface area (Å²) in [6.45, 7) is 9.16. The zero-order valence-corrected chi connectivity index (χ0v) is 11.1. The van der Waals surface area contributed by atoms with Crippen molar-refractivity contribution >= 4 is 5.69 Å². The molecule has 1 aromatic carbocycles. The molecule has 1 heterocycles. The third kappa shape index (κ3) is 2.40. The number of para-hydroxylation sites is 1. The number of hydrogen-bond donors (Lipinski definition) is 1. The lowest BCUT2D eigenvalue weighted by atomic mass is 9.88.